The quantitative estimate of drug-likeness (QED) is 0.531. The van der Waals surface area contributed by atoms with Gasteiger partial charge < -0.3 is 10.3 Å². The third-order valence-corrected chi connectivity index (χ3v) is 5.45. The van der Waals surface area contributed by atoms with E-state index in [2.05, 4.69) is 48.7 Å². The van der Waals surface area contributed by atoms with Gasteiger partial charge in [0.1, 0.15) is 0 Å². The predicted molar refractivity (Wildman–Crippen MR) is 117 cm³/mol. The van der Waals surface area contributed by atoms with Crippen molar-refractivity contribution in [1.29, 1.82) is 0 Å². The normalized spacial score (nSPS) is 11.0. The van der Waals surface area contributed by atoms with E-state index in [-0.39, 0.29) is 5.91 Å². The number of carbonyl (C=O) groups excluding carboxylic acids is 1. The number of aromatic nitrogens is 1. The summed E-state index contributed by atoms with van der Waals surface area (Å²) >= 11 is 6.19. The zero-order valence-corrected chi connectivity index (χ0v) is 17.5. The van der Waals surface area contributed by atoms with Crippen molar-refractivity contribution in [2.75, 3.05) is 0 Å². The van der Waals surface area contributed by atoms with Crippen LogP contribution in [0.1, 0.15) is 52.6 Å². The highest BCUT2D eigenvalue weighted by atomic mass is 35.5. The van der Waals surface area contributed by atoms with Crippen molar-refractivity contribution >= 4 is 17.5 Å². The molecule has 3 aromatic rings. The van der Waals surface area contributed by atoms with E-state index in [1.807, 2.05) is 25.1 Å². The molecule has 0 saturated carbocycles. The Morgan fingerprint density at radius 1 is 1.11 bits per heavy atom. The second-order valence-electron chi connectivity index (χ2n) is 7.33. The fraction of sp³-hybridized carbons (Fsp3) is 0.292. The first kappa shape index (κ1) is 20.2. The summed E-state index contributed by atoms with van der Waals surface area (Å²) in [6.07, 6.45) is 3.03. The van der Waals surface area contributed by atoms with Gasteiger partial charge in [0.25, 0.3) is 5.91 Å². The van der Waals surface area contributed by atoms with E-state index in [4.69, 9.17) is 17.3 Å². The van der Waals surface area contributed by atoms with Crippen LogP contribution in [0.5, 0.6) is 0 Å². The first-order valence-corrected chi connectivity index (χ1v) is 10.1. The smallest absolute Gasteiger partial charge is 0.251 e. The lowest BCUT2D eigenvalue weighted by atomic mass is 9.97. The van der Waals surface area contributed by atoms with Crippen LogP contribution in [-0.2, 0) is 13.0 Å². The molecule has 0 fully saturated rings. The average Bonchev–Trinajstić information content (AvgIpc) is 2.93. The lowest BCUT2D eigenvalue weighted by Crippen LogP contribution is -2.13. The summed E-state index contributed by atoms with van der Waals surface area (Å²) in [6, 6.07) is 16.2. The van der Waals surface area contributed by atoms with Crippen LogP contribution in [0.25, 0.3) is 11.1 Å². The van der Waals surface area contributed by atoms with E-state index in [0.29, 0.717) is 17.1 Å². The summed E-state index contributed by atoms with van der Waals surface area (Å²) in [4.78, 5) is 12.4. The molecule has 1 amide bonds. The molecule has 146 valence electrons. The van der Waals surface area contributed by atoms with Crippen LogP contribution in [0.15, 0.2) is 48.5 Å². The predicted octanol–water partition coefficient (Wildman–Crippen LogP) is 5.92. The van der Waals surface area contributed by atoms with Gasteiger partial charge in [-0.1, -0.05) is 66.9 Å². The second-order valence-corrected chi connectivity index (χ2v) is 7.77. The van der Waals surface area contributed by atoms with E-state index < -0.39 is 0 Å². The fourth-order valence-corrected chi connectivity index (χ4v) is 3.98. The molecule has 0 saturated heterocycles. The van der Waals surface area contributed by atoms with Crippen molar-refractivity contribution < 1.29 is 4.79 Å². The highest BCUT2D eigenvalue weighted by Gasteiger charge is 2.24. The van der Waals surface area contributed by atoms with Gasteiger partial charge in [-0.3, -0.25) is 4.79 Å². The van der Waals surface area contributed by atoms with Crippen LogP contribution in [-0.4, -0.2) is 10.5 Å². The maximum Gasteiger partial charge on any atom is 0.251 e. The number of amides is 1. The molecule has 0 unspecified atom stereocenters. The first-order chi connectivity index (χ1) is 13.4. The molecule has 0 spiro atoms. The van der Waals surface area contributed by atoms with E-state index in [9.17, 15) is 4.79 Å². The minimum absolute atomic E-state index is 0.379. The summed E-state index contributed by atoms with van der Waals surface area (Å²) in [5.74, 6) is -0.379. The van der Waals surface area contributed by atoms with Gasteiger partial charge in [-0.25, -0.2) is 0 Å². The van der Waals surface area contributed by atoms with Gasteiger partial charge in [0.05, 0.1) is 5.56 Å². The molecule has 0 radical (unpaired) electrons. The number of nitrogens with two attached hydrogens (primary N) is 1. The van der Waals surface area contributed by atoms with Gasteiger partial charge in [0, 0.05) is 28.5 Å². The number of unbranched alkanes of at least 4 members (excludes halogenated alkanes) is 1. The van der Waals surface area contributed by atoms with Gasteiger partial charge in [-0.15, -0.1) is 0 Å². The molecule has 4 heteroatoms. The molecule has 3 rings (SSSR count). The topological polar surface area (TPSA) is 48.0 Å². The number of halogens is 1. The van der Waals surface area contributed by atoms with Crippen molar-refractivity contribution in [1.82, 2.24) is 4.57 Å². The summed E-state index contributed by atoms with van der Waals surface area (Å²) in [6.45, 7) is 6.89. The van der Waals surface area contributed by atoms with Gasteiger partial charge >= 0.3 is 0 Å². The Bertz CT molecular complexity index is 987. The van der Waals surface area contributed by atoms with Crippen molar-refractivity contribution in [3.8, 4) is 11.1 Å². The van der Waals surface area contributed by atoms with Crippen molar-refractivity contribution in [2.24, 2.45) is 5.73 Å². The zero-order valence-electron chi connectivity index (χ0n) is 16.8. The maximum atomic E-state index is 12.4. The van der Waals surface area contributed by atoms with Crippen LogP contribution < -0.4 is 5.73 Å². The SMILES string of the molecule is CCCCc1c(-c2ccc(C)cc2)c(C(N)=O)c(C)n1Cc1cccc(Cl)c1. The minimum Gasteiger partial charge on any atom is -0.366 e. The Balaban J connectivity index is 2.21. The van der Waals surface area contributed by atoms with Crippen molar-refractivity contribution in [3.63, 3.8) is 0 Å². The monoisotopic (exact) mass is 394 g/mol. The zero-order chi connectivity index (χ0) is 20.3. The van der Waals surface area contributed by atoms with Crippen LogP contribution >= 0.6 is 11.6 Å². The van der Waals surface area contributed by atoms with Crippen LogP contribution in [0, 0.1) is 13.8 Å². The lowest BCUT2D eigenvalue weighted by molar-refractivity contribution is 0.1000. The molecule has 0 atom stereocenters. The Hall–Kier alpha value is -2.52. The van der Waals surface area contributed by atoms with E-state index in [1.165, 1.54) is 5.56 Å². The molecule has 28 heavy (non-hydrogen) atoms. The molecule has 3 nitrogen and oxygen atoms in total. The first-order valence-electron chi connectivity index (χ1n) is 9.75. The molecular formula is C24H27ClN2O. The van der Waals surface area contributed by atoms with Crippen LogP contribution in [0.3, 0.4) is 0 Å². The Kier molecular flexibility index (Phi) is 6.25. The summed E-state index contributed by atoms with van der Waals surface area (Å²) in [5.41, 5.74) is 12.8. The third-order valence-electron chi connectivity index (χ3n) is 5.21. The van der Waals surface area contributed by atoms with Crippen LogP contribution in [0.4, 0.5) is 0 Å². The molecule has 0 bridgehead atoms. The molecule has 1 heterocycles. The molecule has 2 aromatic carbocycles. The summed E-state index contributed by atoms with van der Waals surface area (Å²) < 4.78 is 2.23. The number of carbonyl (C=O) groups is 1. The number of benzene rings is 2. The highest BCUT2D eigenvalue weighted by molar-refractivity contribution is 6.30. The van der Waals surface area contributed by atoms with Crippen LogP contribution in [0.2, 0.25) is 5.02 Å². The van der Waals surface area contributed by atoms with Crippen molar-refractivity contribution in [3.05, 3.63) is 81.6 Å². The number of aryl methyl sites for hydroxylation is 1. The van der Waals surface area contributed by atoms with E-state index in [0.717, 1.165) is 47.3 Å². The number of hydrogen-bond acceptors (Lipinski definition) is 1. The number of primary amides is 1. The second kappa shape index (κ2) is 8.66. The average molecular weight is 395 g/mol. The molecule has 0 aliphatic heterocycles. The summed E-state index contributed by atoms with van der Waals surface area (Å²) in [7, 11) is 0. The number of rotatable bonds is 7. The summed E-state index contributed by atoms with van der Waals surface area (Å²) in [5, 5.41) is 0.714. The van der Waals surface area contributed by atoms with Gasteiger partial charge in [-0.05, 0) is 49.9 Å². The van der Waals surface area contributed by atoms with Gasteiger partial charge in [0.2, 0.25) is 0 Å². The van der Waals surface area contributed by atoms with Gasteiger partial charge in [0.15, 0.2) is 0 Å². The number of nitrogens with zero attached hydrogens (tertiary/aromatic N) is 1. The fourth-order valence-electron chi connectivity index (χ4n) is 3.77. The molecular weight excluding hydrogens is 368 g/mol. The molecule has 1 aromatic heterocycles. The third kappa shape index (κ3) is 4.15. The Labute approximate surface area is 172 Å². The van der Waals surface area contributed by atoms with E-state index >= 15 is 0 Å². The molecule has 0 aliphatic carbocycles. The highest BCUT2D eigenvalue weighted by Crippen LogP contribution is 2.34. The Morgan fingerprint density at radius 3 is 2.43 bits per heavy atom. The number of hydrogen-bond donors (Lipinski definition) is 1. The van der Waals surface area contributed by atoms with Crippen molar-refractivity contribution in [2.45, 2.75) is 46.6 Å². The molecule has 2 N–H and O–H groups in total. The lowest BCUT2D eigenvalue weighted by Gasteiger charge is -2.14. The Morgan fingerprint density at radius 2 is 1.82 bits per heavy atom. The van der Waals surface area contributed by atoms with Gasteiger partial charge in [-0.2, -0.15) is 0 Å². The largest absolute Gasteiger partial charge is 0.366 e. The molecule has 0 aliphatic rings. The maximum absolute atomic E-state index is 12.4. The minimum atomic E-state index is -0.379. The van der Waals surface area contributed by atoms with E-state index in [1.54, 1.807) is 0 Å². The standard InChI is InChI=1S/C24H27ClN2O/c1-4-5-9-21-23(19-12-10-16(2)11-13-19)22(24(26)28)17(3)27(21)15-18-7-6-8-20(25)14-18/h6-8,10-14H,4-5,9,15H2,1-3H3,(H2,26,28).